The number of rotatable bonds is 4. The molecule has 2 nitrogen and oxygen atoms in total. The van der Waals surface area contributed by atoms with Crippen LogP contribution in [0.4, 0.5) is 0 Å². The van der Waals surface area contributed by atoms with Crippen LogP contribution in [0.15, 0.2) is 0 Å². The Morgan fingerprint density at radius 1 is 1.08 bits per heavy atom. The van der Waals surface area contributed by atoms with E-state index >= 15 is 0 Å². The van der Waals surface area contributed by atoms with Gasteiger partial charge in [-0.25, -0.2) is 0 Å². The molecule has 4 N–H and O–H groups in total. The van der Waals surface area contributed by atoms with E-state index in [9.17, 15) is 0 Å². The van der Waals surface area contributed by atoms with Gasteiger partial charge in [-0.05, 0) is 24.8 Å². The van der Waals surface area contributed by atoms with Crippen LogP contribution < -0.4 is 11.5 Å². The molecule has 0 saturated carbocycles. The predicted octanol–water partition coefficient (Wildman–Crippen LogP) is 2.52. The van der Waals surface area contributed by atoms with Crippen molar-refractivity contribution in [3.05, 3.63) is 0 Å². The molecule has 0 aliphatic carbocycles. The molecule has 2 heteroatoms. The van der Waals surface area contributed by atoms with Gasteiger partial charge in [-0.2, -0.15) is 0 Å². The SMILES string of the molecule is CC.CC(C)(C)[C@@H](N)CCCCN. The lowest BCUT2D eigenvalue weighted by Gasteiger charge is -2.26. The van der Waals surface area contributed by atoms with E-state index in [1.807, 2.05) is 13.8 Å². The summed E-state index contributed by atoms with van der Waals surface area (Å²) in [7, 11) is 0. The molecule has 0 unspecified atom stereocenters. The van der Waals surface area contributed by atoms with Crippen molar-refractivity contribution < 1.29 is 0 Å². The van der Waals surface area contributed by atoms with Crippen molar-refractivity contribution >= 4 is 0 Å². The molecule has 0 bridgehead atoms. The van der Waals surface area contributed by atoms with Crippen LogP contribution in [0.2, 0.25) is 0 Å². The minimum absolute atomic E-state index is 0.245. The summed E-state index contributed by atoms with van der Waals surface area (Å²) in [6.07, 6.45) is 3.36. The lowest BCUT2D eigenvalue weighted by molar-refractivity contribution is 0.300. The van der Waals surface area contributed by atoms with Gasteiger partial charge >= 0.3 is 0 Å². The molecule has 0 aliphatic heterocycles. The van der Waals surface area contributed by atoms with Crippen LogP contribution in [0.1, 0.15) is 53.9 Å². The summed E-state index contributed by atoms with van der Waals surface area (Å²) in [6.45, 7) is 11.3. The standard InChI is InChI=1S/C9H22N2.C2H6/c1-9(2,3)8(11)6-4-5-7-10;1-2/h8H,4-7,10-11H2,1-3H3;1-2H3/t8-;/m0./s1. The molecule has 82 valence electrons. The maximum atomic E-state index is 5.95. The Balaban J connectivity index is 0. The zero-order valence-corrected chi connectivity index (χ0v) is 10.1. The zero-order chi connectivity index (χ0) is 10.9. The van der Waals surface area contributed by atoms with Crippen LogP contribution in [0.3, 0.4) is 0 Å². The Morgan fingerprint density at radius 3 is 1.85 bits per heavy atom. The van der Waals surface area contributed by atoms with Crippen molar-refractivity contribution in [1.29, 1.82) is 0 Å². The predicted molar refractivity (Wildman–Crippen MR) is 61.7 cm³/mol. The third-order valence-corrected chi connectivity index (χ3v) is 2.08. The molecule has 0 aromatic heterocycles. The molecular formula is C11H28N2. The van der Waals surface area contributed by atoms with Crippen LogP contribution in [-0.2, 0) is 0 Å². The summed E-state index contributed by atoms with van der Waals surface area (Å²) >= 11 is 0. The summed E-state index contributed by atoms with van der Waals surface area (Å²) in [5.41, 5.74) is 11.6. The monoisotopic (exact) mass is 188 g/mol. The highest BCUT2D eigenvalue weighted by atomic mass is 14.7. The number of hydrogen-bond acceptors (Lipinski definition) is 2. The van der Waals surface area contributed by atoms with Gasteiger partial charge in [0.2, 0.25) is 0 Å². The average molecular weight is 188 g/mol. The van der Waals surface area contributed by atoms with Gasteiger partial charge in [0.05, 0.1) is 0 Å². The van der Waals surface area contributed by atoms with Gasteiger partial charge in [0.1, 0.15) is 0 Å². The summed E-state index contributed by atoms with van der Waals surface area (Å²) in [6, 6.07) is 0.314. The third-order valence-electron chi connectivity index (χ3n) is 2.08. The smallest absolute Gasteiger partial charge is 0.00876 e. The van der Waals surface area contributed by atoms with Crippen molar-refractivity contribution in [2.24, 2.45) is 16.9 Å². The normalized spacial score (nSPS) is 13.2. The van der Waals surface area contributed by atoms with Crippen molar-refractivity contribution in [3.8, 4) is 0 Å². The Morgan fingerprint density at radius 2 is 1.54 bits per heavy atom. The van der Waals surface area contributed by atoms with E-state index in [0.29, 0.717) is 6.04 Å². The van der Waals surface area contributed by atoms with E-state index in [4.69, 9.17) is 11.5 Å². The van der Waals surface area contributed by atoms with Crippen molar-refractivity contribution in [1.82, 2.24) is 0 Å². The summed E-state index contributed by atoms with van der Waals surface area (Å²) in [5.74, 6) is 0. The second kappa shape index (κ2) is 8.52. The molecule has 0 radical (unpaired) electrons. The summed E-state index contributed by atoms with van der Waals surface area (Å²) < 4.78 is 0. The lowest BCUT2D eigenvalue weighted by atomic mass is 9.84. The van der Waals surface area contributed by atoms with E-state index in [0.717, 1.165) is 25.8 Å². The van der Waals surface area contributed by atoms with Gasteiger partial charge in [0.15, 0.2) is 0 Å². The quantitative estimate of drug-likeness (QED) is 0.666. The van der Waals surface area contributed by atoms with Gasteiger partial charge in [-0.1, -0.05) is 41.0 Å². The fourth-order valence-corrected chi connectivity index (χ4v) is 0.942. The number of nitrogens with two attached hydrogens (primary N) is 2. The second-order valence-corrected chi connectivity index (χ2v) is 4.26. The van der Waals surface area contributed by atoms with Crippen LogP contribution >= 0.6 is 0 Å². The van der Waals surface area contributed by atoms with Crippen molar-refractivity contribution in [2.45, 2.75) is 59.9 Å². The topological polar surface area (TPSA) is 52.0 Å². The summed E-state index contributed by atoms with van der Waals surface area (Å²) in [5, 5.41) is 0. The first-order chi connectivity index (χ1) is 5.98. The molecule has 0 spiro atoms. The highest BCUT2D eigenvalue weighted by molar-refractivity contribution is 4.76. The molecule has 0 aromatic rings. The van der Waals surface area contributed by atoms with Gasteiger partial charge in [-0.15, -0.1) is 0 Å². The summed E-state index contributed by atoms with van der Waals surface area (Å²) in [4.78, 5) is 0. The minimum Gasteiger partial charge on any atom is -0.330 e. The van der Waals surface area contributed by atoms with Crippen LogP contribution in [0, 0.1) is 5.41 Å². The first-order valence-electron chi connectivity index (χ1n) is 5.44. The van der Waals surface area contributed by atoms with Gasteiger partial charge in [0.25, 0.3) is 0 Å². The maximum absolute atomic E-state index is 5.95. The Hall–Kier alpha value is -0.0800. The molecule has 0 saturated heterocycles. The van der Waals surface area contributed by atoms with Gasteiger partial charge < -0.3 is 11.5 Å². The van der Waals surface area contributed by atoms with E-state index in [1.54, 1.807) is 0 Å². The van der Waals surface area contributed by atoms with Crippen LogP contribution in [0.25, 0.3) is 0 Å². The van der Waals surface area contributed by atoms with Crippen LogP contribution in [0.5, 0.6) is 0 Å². The first-order valence-corrected chi connectivity index (χ1v) is 5.44. The number of hydrogen-bond donors (Lipinski definition) is 2. The zero-order valence-electron chi connectivity index (χ0n) is 10.1. The molecule has 0 heterocycles. The lowest BCUT2D eigenvalue weighted by Crippen LogP contribution is -2.34. The van der Waals surface area contributed by atoms with Crippen molar-refractivity contribution in [2.75, 3.05) is 6.54 Å². The molecule has 1 atom stereocenters. The van der Waals surface area contributed by atoms with Gasteiger partial charge in [-0.3, -0.25) is 0 Å². The third kappa shape index (κ3) is 9.84. The molecule has 13 heavy (non-hydrogen) atoms. The Kier molecular flexibility index (Phi) is 10.1. The molecule has 0 amide bonds. The molecule has 0 rings (SSSR count). The van der Waals surface area contributed by atoms with E-state index in [2.05, 4.69) is 20.8 Å². The highest BCUT2D eigenvalue weighted by Gasteiger charge is 2.19. The molecule has 0 aliphatic rings. The Bertz CT molecular complexity index is 94.8. The highest BCUT2D eigenvalue weighted by Crippen LogP contribution is 2.20. The van der Waals surface area contributed by atoms with Crippen LogP contribution in [-0.4, -0.2) is 12.6 Å². The van der Waals surface area contributed by atoms with E-state index < -0.39 is 0 Å². The van der Waals surface area contributed by atoms with E-state index in [1.165, 1.54) is 0 Å². The minimum atomic E-state index is 0.245. The average Bonchev–Trinajstić information content (AvgIpc) is 2.07. The van der Waals surface area contributed by atoms with Gasteiger partial charge in [0, 0.05) is 6.04 Å². The molecule has 0 aromatic carbocycles. The fourth-order valence-electron chi connectivity index (χ4n) is 0.942. The molecule has 0 fully saturated rings. The Labute approximate surface area is 84.1 Å². The van der Waals surface area contributed by atoms with Crippen molar-refractivity contribution in [3.63, 3.8) is 0 Å². The first kappa shape index (κ1) is 15.4. The van der Waals surface area contributed by atoms with E-state index in [-0.39, 0.29) is 5.41 Å². The maximum Gasteiger partial charge on any atom is 0.00876 e. The fraction of sp³-hybridized carbons (Fsp3) is 1.00. The largest absolute Gasteiger partial charge is 0.330 e. The number of unbranched alkanes of at least 4 members (excludes halogenated alkanes) is 1. The molecular weight excluding hydrogens is 160 g/mol. The second-order valence-electron chi connectivity index (χ2n) is 4.26.